The van der Waals surface area contributed by atoms with Gasteiger partial charge in [0.2, 0.25) is 0 Å². The van der Waals surface area contributed by atoms with Gasteiger partial charge in [-0.25, -0.2) is 0 Å². The predicted molar refractivity (Wildman–Crippen MR) is 108 cm³/mol. The molecule has 0 spiro atoms. The van der Waals surface area contributed by atoms with Crippen LogP contribution in [-0.4, -0.2) is 18.1 Å². The molecule has 0 radical (unpaired) electrons. The molecule has 0 aliphatic rings. The molecule has 0 saturated carbocycles. The van der Waals surface area contributed by atoms with Gasteiger partial charge in [0.1, 0.15) is 16.9 Å². The number of hydrogen-bond acceptors (Lipinski definition) is 4. The molecule has 4 nitrogen and oxygen atoms in total. The minimum Gasteiger partial charge on any atom is -0.427 e. The molecule has 0 atom stereocenters. The van der Waals surface area contributed by atoms with E-state index < -0.39 is 23.5 Å². The molecule has 0 unspecified atom stereocenters. The van der Waals surface area contributed by atoms with Crippen molar-refractivity contribution in [3.63, 3.8) is 0 Å². The first-order chi connectivity index (χ1) is 14.6. The Balaban J connectivity index is 2.24. The van der Waals surface area contributed by atoms with Crippen molar-refractivity contribution in [2.24, 2.45) is 0 Å². The van der Waals surface area contributed by atoms with Gasteiger partial charge in [-0.3, -0.25) is 9.59 Å². The summed E-state index contributed by atoms with van der Waals surface area (Å²) in [6.07, 6.45) is -4.72. The predicted octanol–water partition coefficient (Wildman–Crippen LogP) is 5.43. The molecular formula is C24H19F3O4. The van der Waals surface area contributed by atoms with Gasteiger partial charge in [0.15, 0.2) is 0 Å². The third kappa shape index (κ3) is 4.45. The van der Waals surface area contributed by atoms with Crippen LogP contribution >= 0.6 is 0 Å². The molecule has 0 saturated heterocycles. The topological polar surface area (TPSA) is 52.6 Å². The number of carbonyl (C=O) groups excluding carboxylic acids is 2. The Kier molecular flexibility index (Phi) is 6.15. The summed E-state index contributed by atoms with van der Waals surface area (Å²) in [6.45, 7) is 2.42. The Hall–Kier alpha value is -3.61. The number of benzene rings is 3. The molecule has 0 bridgehead atoms. The lowest BCUT2D eigenvalue weighted by atomic mass is 9.69. The average molecular weight is 428 g/mol. The smallest absolute Gasteiger partial charge is 0.406 e. The molecule has 0 heterocycles. The Labute approximate surface area is 177 Å². The fourth-order valence-corrected chi connectivity index (χ4v) is 3.56. The lowest BCUT2D eigenvalue weighted by molar-refractivity contribution is -0.166. The summed E-state index contributed by atoms with van der Waals surface area (Å²) >= 11 is 0. The molecule has 3 aromatic carbocycles. The van der Waals surface area contributed by atoms with Gasteiger partial charge in [-0.05, 0) is 41.0 Å². The van der Waals surface area contributed by atoms with Crippen molar-refractivity contribution in [1.82, 2.24) is 0 Å². The van der Waals surface area contributed by atoms with Crippen LogP contribution in [0.15, 0.2) is 78.9 Å². The first-order valence-corrected chi connectivity index (χ1v) is 9.35. The highest BCUT2D eigenvalue weighted by Crippen LogP contribution is 2.51. The molecule has 0 N–H and O–H groups in total. The highest BCUT2D eigenvalue weighted by molar-refractivity contribution is 5.70. The van der Waals surface area contributed by atoms with Crippen LogP contribution in [0.5, 0.6) is 11.5 Å². The van der Waals surface area contributed by atoms with E-state index in [1.165, 1.54) is 86.6 Å². The molecular weight excluding hydrogens is 409 g/mol. The summed E-state index contributed by atoms with van der Waals surface area (Å²) < 4.78 is 54.6. The largest absolute Gasteiger partial charge is 0.427 e. The number of hydrogen-bond donors (Lipinski definition) is 0. The summed E-state index contributed by atoms with van der Waals surface area (Å²) in [5.74, 6) is -0.853. The molecule has 0 aromatic heterocycles. The van der Waals surface area contributed by atoms with Crippen LogP contribution in [0.1, 0.15) is 30.5 Å². The van der Waals surface area contributed by atoms with Crippen molar-refractivity contribution in [3.05, 3.63) is 95.6 Å². The first-order valence-electron chi connectivity index (χ1n) is 9.35. The zero-order valence-corrected chi connectivity index (χ0v) is 16.8. The second-order valence-corrected chi connectivity index (χ2v) is 6.85. The van der Waals surface area contributed by atoms with Gasteiger partial charge < -0.3 is 9.47 Å². The zero-order chi connectivity index (χ0) is 22.6. The van der Waals surface area contributed by atoms with Crippen LogP contribution in [0.4, 0.5) is 13.2 Å². The Morgan fingerprint density at radius 1 is 0.613 bits per heavy atom. The quantitative estimate of drug-likeness (QED) is 0.309. The monoisotopic (exact) mass is 428 g/mol. The van der Waals surface area contributed by atoms with Crippen molar-refractivity contribution in [1.29, 1.82) is 0 Å². The summed E-state index contributed by atoms with van der Waals surface area (Å²) in [5.41, 5.74) is -2.59. The van der Waals surface area contributed by atoms with Gasteiger partial charge in [-0.1, -0.05) is 54.6 Å². The summed E-state index contributed by atoms with van der Waals surface area (Å²) in [7, 11) is 0. The van der Waals surface area contributed by atoms with E-state index in [9.17, 15) is 22.8 Å². The van der Waals surface area contributed by atoms with E-state index in [4.69, 9.17) is 9.47 Å². The minimum atomic E-state index is -4.72. The van der Waals surface area contributed by atoms with Gasteiger partial charge in [-0.2, -0.15) is 13.2 Å². The van der Waals surface area contributed by atoms with E-state index in [2.05, 4.69) is 0 Å². The molecule has 0 amide bonds. The van der Waals surface area contributed by atoms with E-state index in [1.54, 1.807) is 6.07 Å². The minimum absolute atomic E-state index is 0.0166. The maximum absolute atomic E-state index is 14.9. The normalized spacial score (nSPS) is 11.6. The first kappa shape index (κ1) is 22.1. The summed E-state index contributed by atoms with van der Waals surface area (Å²) in [6, 6.07) is 18.0. The molecule has 160 valence electrons. The van der Waals surface area contributed by atoms with E-state index in [0.717, 1.165) is 0 Å². The van der Waals surface area contributed by atoms with Gasteiger partial charge in [0, 0.05) is 13.8 Å². The molecule has 3 rings (SSSR count). The van der Waals surface area contributed by atoms with Crippen molar-refractivity contribution in [3.8, 4) is 11.5 Å². The standard InChI is InChI=1S/C24H19F3O4/c1-16(28)30-21-12-8-19(9-13-21)23(24(25,26)27,18-6-4-3-5-7-18)20-10-14-22(15-11-20)31-17(2)29/h3-15H,1-2H3. The van der Waals surface area contributed by atoms with Crippen molar-refractivity contribution < 1.29 is 32.2 Å². The van der Waals surface area contributed by atoms with Crippen LogP contribution in [0, 0.1) is 0 Å². The van der Waals surface area contributed by atoms with Gasteiger partial charge >= 0.3 is 18.1 Å². The molecule has 3 aromatic rings. The van der Waals surface area contributed by atoms with Crippen LogP contribution < -0.4 is 9.47 Å². The Bertz CT molecular complexity index is 997. The number of carbonyl (C=O) groups is 2. The summed E-state index contributed by atoms with van der Waals surface area (Å²) in [4.78, 5) is 22.3. The van der Waals surface area contributed by atoms with E-state index in [-0.39, 0.29) is 28.2 Å². The number of halogens is 3. The molecule has 0 aliphatic heterocycles. The fraction of sp³-hybridized carbons (Fsp3) is 0.167. The number of rotatable bonds is 5. The SMILES string of the molecule is CC(=O)Oc1ccc(C(c2ccccc2)(c2ccc(OC(C)=O)cc2)C(F)(F)F)cc1. The van der Waals surface area contributed by atoms with Crippen molar-refractivity contribution in [2.75, 3.05) is 0 Å². The third-order valence-corrected chi connectivity index (χ3v) is 4.73. The lowest BCUT2D eigenvalue weighted by Gasteiger charge is -2.37. The number of esters is 2. The number of alkyl halides is 3. The van der Waals surface area contributed by atoms with Gasteiger partial charge in [-0.15, -0.1) is 0 Å². The second-order valence-electron chi connectivity index (χ2n) is 6.85. The van der Waals surface area contributed by atoms with E-state index >= 15 is 0 Å². The van der Waals surface area contributed by atoms with E-state index in [1.807, 2.05) is 0 Å². The second kappa shape index (κ2) is 8.63. The molecule has 31 heavy (non-hydrogen) atoms. The van der Waals surface area contributed by atoms with Crippen LogP contribution in [0.2, 0.25) is 0 Å². The zero-order valence-electron chi connectivity index (χ0n) is 16.8. The highest BCUT2D eigenvalue weighted by Gasteiger charge is 2.58. The van der Waals surface area contributed by atoms with Gasteiger partial charge in [0.25, 0.3) is 0 Å². The average Bonchev–Trinajstić information content (AvgIpc) is 2.70. The van der Waals surface area contributed by atoms with Crippen LogP contribution in [0.25, 0.3) is 0 Å². The maximum atomic E-state index is 14.9. The maximum Gasteiger partial charge on any atom is 0.406 e. The Morgan fingerprint density at radius 3 is 1.29 bits per heavy atom. The highest BCUT2D eigenvalue weighted by atomic mass is 19.4. The van der Waals surface area contributed by atoms with E-state index in [0.29, 0.717) is 0 Å². The Morgan fingerprint density at radius 2 is 0.968 bits per heavy atom. The summed E-state index contributed by atoms with van der Waals surface area (Å²) in [5, 5.41) is 0. The third-order valence-electron chi connectivity index (χ3n) is 4.73. The molecule has 0 aliphatic carbocycles. The van der Waals surface area contributed by atoms with Gasteiger partial charge in [0.05, 0.1) is 0 Å². The van der Waals surface area contributed by atoms with Crippen molar-refractivity contribution in [2.45, 2.75) is 25.4 Å². The van der Waals surface area contributed by atoms with Crippen LogP contribution in [0.3, 0.4) is 0 Å². The molecule has 0 fully saturated rings. The lowest BCUT2D eigenvalue weighted by Crippen LogP contribution is -2.44. The van der Waals surface area contributed by atoms with Crippen LogP contribution in [-0.2, 0) is 15.0 Å². The molecule has 7 heteroatoms. The fourth-order valence-electron chi connectivity index (χ4n) is 3.56. The van der Waals surface area contributed by atoms with Crippen molar-refractivity contribution >= 4 is 11.9 Å². The number of ether oxygens (including phenoxy) is 2.